The van der Waals surface area contributed by atoms with Crippen LogP contribution in [-0.4, -0.2) is 6.54 Å². The van der Waals surface area contributed by atoms with Crippen molar-refractivity contribution in [3.8, 4) is 0 Å². The van der Waals surface area contributed by atoms with Crippen LogP contribution < -0.4 is 5.32 Å². The molecule has 1 aliphatic rings. The fraction of sp³-hybridized carbons (Fsp3) is 0.571. The van der Waals surface area contributed by atoms with E-state index in [0.29, 0.717) is 0 Å². The minimum atomic E-state index is 0.874. The number of hydrogen-bond donors (Lipinski definition) is 1. The van der Waals surface area contributed by atoms with E-state index in [-0.39, 0.29) is 0 Å². The summed E-state index contributed by atoms with van der Waals surface area (Å²) in [6.07, 6.45) is 7.06. The van der Waals surface area contributed by atoms with E-state index in [0.717, 1.165) is 24.0 Å². The van der Waals surface area contributed by atoms with Gasteiger partial charge < -0.3 is 5.32 Å². The topological polar surface area (TPSA) is 12.0 Å². The molecule has 0 unspecified atom stereocenters. The van der Waals surface area contributed by atoms with Crippen LogP contribution in [0, 0.1) is 5.92 Å². The van der Waals surface area contributed by atoms with Gasteiger partial charge in [0, 0.05) is 11.6 Å². The first-order valence-electron chi connectivity index (χ1n) is 6.30. The van der Waals surface area contributed by atoms with E-state index in [1.807, 2.05) is 18.2 Å². The first-order chi connectivity index (χ1) is 7.86. The summed E-state index contributed by atoms with van der Waals surface area (Å²) >= 11 is 6.11. The van der Waals surface area contributed by atoms with Crippen LogP contribution in [0.5, 0.6) is 0 Å². The molecule has 0 amide bonds. The molecule has 88 valence electrons. The molecule has 1 N–H and O–H groups in total. The second kappa shape index (κ2) is 6.27. The Bertz CT molecular complexity index is 318. The Labute approximate surface area is 103 Å². The fourth-order valence-corrected chi connectivity index (χ4v) is 2.65. The second-order valence-electron chi connectivity index (χ2n) is 4.73. The molecule has 0 saturated heterocycles. The highest BCUT2D eigenvalue weighted by Gasteiger charge is 2.12. The molecule has 1 aliphatic carbocycles. The normalized spacial score (nSPS) is 17.6. The molecule has 0 bridgehead atoms. The molecule has 0 atom stereocenters. The van der Waals surface area contributed by atoms with Gasteiger partial charge in [-0.3, -0.25) is 0 Å². The summed E-state index contributed by atoms with van der Waals surface area (Å²) in [5, 5.41) is 4.40. The lowest BCUT2D eigenvalue weighted by molar-refractivity contribution is 0.342. The summed E-state index contributed by atoms with van der Waals surface area (Å²) in [5.74, 6) is 0.885. The molecule has 0 heterocycles. The van der Waals surface area contributed by atoms with Crippen LogP contribution in [0.3, 0.4) is 0 Å². The first-order valence-corrected chi connectivity index (χ1v) is 6.68. The maximum atomic E-state index is 6.11. The minimum absolute atomic E-state index is 0.874. The summed E-state index contributed by atoms with van der Waals surface area (Å²) in [6, 6.07) is 8.08. The van der Waals surface area contributed by atoms with Gasteiger partial charge >= 0.3 is 0 Å². The molecule has 1 aromatic rings. The summed E-state index contributed by atoms with van der Waals surface area (Å²) in [7, 11) is 0. The summed E-state index contributed by atoms with van der Waals surface area (Å²) in [5.41, 5.74) is 1.21. The van der Waals surface area contributed by atoms with Gasteiger partial charge in [-0.15, -0.1) is 0 Å². The van der Waals surface area contributed by atoms with E-state index in [9.17, 15) is 0 Å². The van der Waals surface area contributed by atoms with E-state index >= 15 is 0 Å². The standard InChI is InChI=1S/C14H20ClN/c15-14-9-5-4-8-13(14)11-16-10-12-6-2-1-3-7-12/h4-5,8-9,12,16H,1-3,6-7,10-11H2. The molecular formula is C14H20ClN. The maximum absolute atomic E-state index is 6.11. The van der Waals surface area contributed by atoms with E-state index in [4.69, 9.17) is 11.6 Å². The molecule has 1 saturated carbocycles. The third-order valence-electron chi connectivity index (χ3n) is 3.43. The zero-order valence-corrected chi connectivity index (χ0v) is 10.5. The molecule has 1 aromatic carbocycles. The van der Waals surface area contributed by atoms with Gasteiger partial charge in [0.2, 0.25) is 0 Å². The number of nitrogens with one attached hydrogen (secondary N) is 1. The first kappa shape index (κ1) is 11.9. The van der Waals surface area contributed by atoms with Gasteiger partial charge in [0.15, 0.2) is 0 Å². The molecule has 2 heteroatoms. The van der Waals surface area contributed by atoms with Crippen molar-refractivity contribution in [2.24, 2.45) is 5.92 Å². The third-order valence-corrected chi connectivity index (χ3v) is 3.80. The van der Waals surface area contributed by atoms with Crippen LogP contribution in [-0.2, 0) is 6.54 Å². The summed E-state index contributed by atoms with van der Waals surface area (Å²) in [6.45, 7) is 2.04. The van der Waals surface area contributed by atoms with E-state index < -0.39 is 0 Å². The number of benzene rings is 1. The van der Waals surface area contributed by atoms with Crippen LogP contribution in [0.25, 0.3) is 0 Å². The highest BCUT2D eigenvalue weighted by Crippen LogP contribution is 2.23. The van der Waals surface area contributed by atoms with Gasteiger partial charge in [-0.1, -0.05) is 49.1 Å². The molecule has 0 radical (unpaired) electrons. The Morgan fingerprint density at radius 3 is 2.62 bits per heavy atom. The van der Waals surface area contributed by atoms with Gasteiger partial charge in [-0.25, -0.2) is 0 Å². The molecular weight excluding hydrogens is 218 g/mol. The van der Waals surface area contributed by atoms with Gasteiger partial charge in [0.05, 0.1) is 0 Å². The second-order valence-corrected chi connectivity index (χ2v) is 5.13. The third kappa shape index (κ3) is 3.50. The van der Waals surface area contributed by atoms with Crippen LogP contribution in [0.2, 0.25) is 5.02 Å². The van der Waals surface area contributed by atoms with E-state index in [1.165, 1.54) is 37.7 Å². The average Bonchev–Trinajstić information content (AvgIpc) is 2.33. The smallest absolute Gasteiger partial charge is 0.0450 e. The lowest BCUT2D eigenvalue weighted by atomic mass is 9.89. The van der Waals surface area contributed by atoms with Crippen LogP contribution in [0.15, 0.2) is 24.3 Å². The van der Waals surface area contributed by atoms with Crippen LogP contribution in [0.1, 0.15) is 37.7 Å². The molecule has 0 spiro atoms. The predicted molar refractivity (Wildman–Crippen MR) is 69.7 cm³/mol. The van der Waals surface area contributed by atoms with Crippen LogP contribution in [0.4, 0.5) is 0 Å². The number of rotatable bonds is 4. The Morgan fingerprint density at radius 1 is 1.12 bits per heavy atom. The lowest BCUT2D eigenvalue weighted by Gasteiger charge is -2.21. The van der Waals surface area contributed by atoms with Crippen molar-refractivity contribution in [3.63, 3.8) is 0 Å². The van der Waals surface area contributed by atoms with Gasteiger partial charge in [-0.05, 0) is 36.9 Å². The Morgan fingerprint density at radius 2 is 1.88 bits per heavy atom. The Hall–Kier alpha value is -0.530. The van der Waals surface area contributed by atoms with Crippen molar-refractivity contribution < 1.29 is 0 Å². The van der Waals surface area contributed by atoms with Gasteiger partial charge in [0.25, 0.3) is 0 Å². The largest absolute Gasteiger partial charge is 0.312 e. The zero-order chi connectivity index (χ0) is 11.2. The van der Waals surface area contributed by atoms with Crippen LogP contribution >= 0.6 is 11.6 Å². The quantitative estimate of drug-likeness (QED) is 0.835. The van der Waals surface area contributed by atoms with E-state index in [2.05, 4.69) is 11.4 Å². The van der Waals surface area contributed by atoms with Crippen molar-refractivity contribution in [2.45, 2.75) is 38.6 Å². The molecule has 0 aromatic heterocycles. The van der Waals surface area contributed by atoms with Crippen molar-refractivity contribution in [3.05, 3.63) is 34.9 Å². The van der Waals surface area contributed by atoms with E-state index in [1.54, 1.807) is 0 Å². The fourth-order valence-electron chi connectivity index (χ4n) is 2.44. The number of hydrogen-bond acceptors (Lipinski definition) is 1. The van der Waals surface area contributed by atoms with Crippen molar-refractivity contribution in [1.29, 1.82) is 0 Å². The van der Waals surface area contributed by atoms with Crippen molar-refractivity contribution in [2.75, 3.05) is 6.54 Å². The predicted octanol–water partition coefficient (Wildman–Crippen LogP) is 4.01. The summed E-state index contributed by atoms with van der Waals surface area (Å²) in [4.78, 5) is 0. The summed E-state index contributed by atoms with van der Waals surface area (Å²) < 4.78 is 0. The average molecular weight is 238 g/mol. The number of halogens is 1. The monoisotopic (exact) mass is 237 g/mol. The Balaban J connectivity index is 1.73. The highest BCUT2D eigenvalue weighted by molar-refractivity contribution is 6.31. The van der Waals surface area contributed by atoms with Gasteiger partial charge in [-0.2, -0.15) is 0 Å². The molecule has 2 rings (SSSR count). The van der Waals surface area contributed by atoms with Crippen molar-refractivity contribution >= 4 is 11.6 Å². The molecule has 16 heavy (non-hydrogen) atoms. The molecule has 1 nitrogen and oxygen atoms in total. The van der Waals surface area contributed by atoms with Crippen molar-refractivity contribution in [1.82, 2.24) is 5.32 Å². The zero-order valence-electron chi connectivity index (χ0n) is 9.71. The highest BCUT2D eigenvalue weighted by atomic mass is 35.5. The minimum Gasteiger partial charge on any atom is -0.312 e. The maximum Gasteiger partial charge on any atom is 0.0450 e. The SMILES string of the molecule is Clc1ccccc1CNCC1CCCCC1. The molecule has 1 fully saturated rings. The molecule has 0 aliphatic heterocycles. The van der Waals surface area contributed by atoms with Gasteiger partial charge in [0.1, 0.15) is 0 Å². The lowest BCUT2D eigenvalue weighted by Crippen LogP contribution is -2.24. The Kier molecular flexibility index (Phi) is 4.68.